The van der Waals surface area contributed by atoms with Crippen molar-refractivity contribution in [2.45, 2.75) is 39.2 Å². The largest absolute Gasteiger partial charge is 0.444 e. The molecular formula is C13H24N2O4. The van der Waals surface area contributed by atoms with Crippen molar-refractivity contribution < 1.29 is 19.2 Å². The van der Waals surface area contributed by atoms with E-state index in [9.17, 15) is 9.59 Å². The zero-order valence-electron chi connectivity index (χ0n) is 12.4. The second kappa shape index (κ2) is 6.23. The molecule has 0 N–H and O–H groups in total. The maximum absolute atomic E-state index is 11.9. The van der Waals surface area contributed by atoms with Crippen molar-refractivity contribution in [2.24, 2.45) is 5.92 Å². The van der Waals surface area contributed by atoms with E-state index in [1.165, 1.54) is 12.2 Å². The summed E-state index contributed by atoms with van der Waals surface area (Å²) in [5, 5.41) is 1.22. The van der Waals surface area contributed by atoms with Crippen LogP contribution in [-0.2, 0) is 14.4 Å². The van der Waals surface area contributed by atoms with E-state index in [0.29, 0.717) is 19.5 Å². The van der Waals surface area contributed by atoms with Gasteiger partial charge in [0.2, 0.25) is 5.91 Å². The first-order valence-electron chi connectivity index (χ1n) is 6.51. The fourth-order valence-electron chi connectivity index (χ4n) is 1.97. The van der Waals surface area contributed by atoms with Crippen molar-refractivity contribution in [3.8, 4) is 0 Å². The van der Waals surface area contributed by atoms with Gasteiger partial charge in [0.15, 0.2) is 0 Å². The van der Waals surface area contributed by atoms with Gasteiger partial charge in [-0.1, -0.05) is 0 Å². The van der Waals surface area contributed by atoms with Gasteiger partial charge in [0.05, 0.1) is 7.11 Å². The minimum atomic E-state index is -0.485. The van der Waals surface area contributed by atoms with Gasteiger partial charge < -0.3 is 9.64 Å². The highest BCUT2D eigenvalue weighted by atomic mass is 16.7. The Morgan fingerprint density at radius 1 is 1.37 bits per heavy atom. The van der Waals surface area contributed by atoms with Crippen molar-refractivity contribution in [3.63, 3.8) is 0 Å². The van der Waals surface area contributed by atoms with Crippen LogP contribution in [0.2, 0.25) is 0 Å². The molecule has 0 radical (unpaired) electrons. The molecule has 1 aliphatic rings. The van der Waals surface area contributed by atoms with E-state index in [4.69, 9.17) is 9.57 Å². The lowest BCUT2D eigenvalue weighted by molar-refractivity contribution is -0.169. The summed E-state index contributed by atoms with van der Waals surface area (Å²) in [6.07, 6.45) is 0.911. The number of amides is 2. The molecule has 0 aromatic rings. The third-order valence-corrected chi connectivity index (χ3v) is 3.03. The third kappa shape index (κ3) is 5.06. The van der Waals surface area contributed by atoms with Gasteiger partial charge in [-0.25, -0.2) is 9.86 Å². The Morgan fingerprint density at radius 2 is 2.00 bits per heavy atom. The minimum absolute atomic E-state index is 0.0708. The average molecular weight is 272 g/mol. The van der Waals surface area contributed by atoms with E-state index in [2.05, 4.69) is 0 Å². The van der Waals surface area contributed by atoms with Crippen LogP contribution in [0.1, 0.15) is 33.6 Å². The molecule has 1 fully saturated rings. The van der Waals surface area contributed by atoms with E-state index >= 15 is 0 Å². The van der Waals surface area contributed by atoms with Crippen molar-refractivity contribution in [1.29, 1.82) is 0 Å². The normalized spacial score (nSPS) is 19.4. The maximum atomic E-state index is 11.9. The molecule has 0 spiro atoms. The average Bonchev–Trinajstić information content (AvgIpc) is 2.74. The second-order valence-corrected chi connectivity index (χ2v) is 5.86. The maximum Gasteiger partial charge on any atom is 0.410 e. The van der Waals surface area contributed by atoms with Gasteiger partial charge in [0.1, 0.15) is 5.60 Å². The van der Waals surface area contributed by atoms with Gasteiger partial charge in [-0.2, -0.15) is 0 Å². The molecule has 6 heteroatoms. The summed E-state index contributed by atoms with van der Waals surface area (Å²) in [5.41, 5.74) is -0.485. The molecular weight excluding hydrogens is 248 g/mol. The van der Waals surface area contributed by atoms with Crippen LogP contribution < -0.4 is 0 Å². The highest BCUT2D eigenvalue weighted by molar-refractivity contribution is 5.75. The predicted octanol–water partition coefficient (Wildman–Crippen LogP) is 1.65. The molecule has 1 heterocycles. The van der Waals surface area contributed by atoms with Crippen LogP contribution in [0.5, 0.6) is 0 Å². The summed E-state index contributed by atoms with van der Waals surface area (Å²) in [5.74, 6) is 0.108. The first kappa shape index (κ1) is 15.8. The van der Waals surface area contributed by atoms with Crippen molar-refractivity contribution in [1.82, 2.24) is 9.96 Å². The molecule has 0 aromatic heterocycles. The van der Waals surface area contributed by atoms with Crippen LogP contribution in [0.25, 0.3) is 0 Å². The van der Waals surface area contributed by atoms with E-state index in [1.807, 2.05) is 20.8 Å². The molecule has 0 unspecified atom stereocenters. The van der Waals surface area contributed by atoms with Crippen LogP contribution in [0.3, 0.4) is 0 Å². The number of rotatable bonds is 3. The molecule has 19 heavy (non-hydrogen) atoms. The Morgan fingerprint density at radius 3 is 2.53 bits per heavy atom. The standard InChI is InChI=1S/C13H24N2O4/c1-13(2,3)19-12(17)15-7-6-10(9-15)8-11(16)14(4)18-5/h10H,6-9H2,1-5H3/t10-/m0/s1. The zero-order valence-corrected chi connectivity index (χ0v) is 12.4. The summed E-state index contributed by atoms with van der Waals surface area (Å²) >= 11 is 0. The lowest BCUT2D eigenvalue weighted by Gasteiger charge is -2.24. The summed E-state index contributed by atoms with van der Waals surface area (Å²) < 4.78 is 5.31. The second-order valence-electron chi connectivity index (χ2n) is 5.86. The van der Waals surface area contributed by atoms with Crippen molar-refractivity contribution >= 4 is 12.0 Å². The molecule has 1 saturated heterocycles. The summed E-state index contributed by atoms with van der Waals surface area (Å²) in [4.78, 5) is 30.1. The van der Waals surface area contributed by atoms with E-state index < -0.39 is 5.60 Å². The molecule has 1 rings (SSSR count). The van der Waals surface area contributed by atoms with Crippen molar-refractivity contribution in [2.75, 3.05) is 27.2 Å². The quantitative estimate of drug-likeness (QED) is 0.733. The third-order valence-electron chi connectivity index (χ3n) is 3.03. The SMILES string of the molecule is CON(C)C(=O)C[C@@H]1CCN(C(=O)OC(C)(C)C)C1. The number of likely N-dealkylation sites (tertiary alicyclic amines) is 1. The smallest absolute Gasteiger partial charge is 0.410 e. The monoisotopic (exact) mass is 272 g/mol. The Bertz CT molecular complexity index is 338. The predicted molar refractivity (Wildman–Crippen MR) is 70.3 cm³/mol. The van der Waals surface area contributed by atoms with Crippen LogP contribution in [0, 0.1) is 5.92 Å². The molecule has 1 atom stereocenters. The van der Waals surface area contributed by atoms with Gasteiger partial charge in [0, 0.05) is 26.6 Å². The number of hydrogen-bond acceptors (Lipinski definition) is 4. The van der Waals surface area contributed by atoms with Crippen LogP contribution in [0.4, 0.5) is 4.79 Å². The zero-order chi connectivity index (χ0) is 14.6. The number of carbonyl (C=O) groups is 2. The van der Waals surface area contributed by atoms with Gasteiger partial charge in [-0.05, 0) is 33.1 Å². The van der Waals surface area contributed by atoms with Gasteiger partial charge in [-0.15, -0.1) is 0 Å². The lowest BCUT2D eigenvalue weighted by atomic mass is 10.0. The number of carbonyl (C=O) groups excluding carboxylic acids is 2. The molecule has 6 nitrogen and oxygen atoms in total. The van der Waals surface area contributed by atoms with Crippen LogP contribution in [0.15, 0.2) is 0 Å². The van der Waals surface area contributed by atoms with Crippen LogP contribution in [-0.4, -0.2) is 54.8 Å². The Kier molecular flexibility index (Phi) is 5.17. The molecule has 0 aromatic carbocycles. The molecule has 1 aliphatic heterocycles. The Labute approximate surface area is 114 Å². The van der Waals surface area contributed by atoms with Gasteiger partial charge in [0.25, 0.3) is 0 Å². The molecule has 0 bridgehead atoms. The van der Waals surface area contributed by atoms with Crippen molar-refractivity contribution in [3.05, 3.63) is 0 Å². The minimum Gasteiger partial charge on any atom is -0.444 e. The number of hydroxylamine groups is 2. The number of ether oxygens (including phenoxy) is 1. The summed E-state index contributed by atoms with van der Waals surface area (Å²) in [7, 11) is 3.04. The fraction of sp³-hybridized carbons (Fsp3) is 0.846. The molecule has 2 amide bonds. The number of hydrogen-bond donors (Lipinski definition) is 0. The molecule has 0 saturated carbocycles. The highest BCUT2D eigenvalue weighted by Gasteiger charge is 2.31. The lowest BCUT2D eigenvalue weighted by Crippen LogP contribution is -2.35. The van der Waals surface area contributed by atoms with Gasteiger partial charge >= 0.3 is 6.09 Å². The summed E-state index contributed by atoms with van der Waals surface area (Å²) in [6, 6.07) is 0. The van der Waals surface area contributed by atoms with Crippen LogP contribution >= 0.6 is 0 Å². The first-order chi connectivity index (χ1) is 8.73. The number of nitrogens with zero attached hydrogens (tertiary/aromatic N) is 2. The Balaban J connectivity index is 2.41. The van der Waals surface area contributed by atoms with Gasteiger partial charge in [-0.3, -0.25) is 9.63 Å². The molecule has 110 valence electrons. The fourth-order valence-corrected chi connectivity index (χ4v) is 1.97. The van der Waals surface area contributed by atoms with E-state index in [-0.39, 0.29) is 17.9 Å². The van der Waals surface area contributed by atoms with E-state index in [0.717, 1.165) is 6.42 Å². The topological polar surface area (TPSA) is 59.1 Å². The summed E-state index contributed by atoms with van der Waals surface area (Å²) in [6.45, 7) is 6.74. The first-order valence-corrected chi connectivity index (χ1v) is 6.51. The Hall–Kier alpha value is -1.30. The van der Waals surface area contributed by atoms with E-state index in [1.54, 1.807) is 11.9 Å². The molecule has 0 aliphatic carbocycles. The highest BCUT2D eigenvalue weighted by Crippen LogP contribution is 2.22.